The first-order chi connectivity index (χ1) is 6.63. The maximum Gasteiger partial charge on any atom is 0.129 e. The quantitative estimate of drug-likeness (QED) is 0.904. The first-order valence-electron chi connectivity index (χ1n) is 4.39. The number of nitrogens with two attached hydrogens (primary N) is 1. The minimum atomic E-state index is -0.261. The van der Waals surface area contributed by atoms with Gasteiger partial charge >= 0.3 is 0 Å². The summed E-state index contributed by atoms with van der Waals surface area (Å²) in [6.45, 7) is 2.56. The Morgan fingerprint density at radius 1 is 1.57 bits per heavy atom. The number of hydrogen-bond donors (Lipinski definition) is 1. The largest absolute Gasteiger partial charge is 0.372 e. The van der Waals surface area contributed by atoms with Crippen molar-refractivity contribution in [2.24, 2.45) is 5.73 Å². The van der Waals surface area contributed by atoms with Crippen molar-refractivity contribution < 1.29 is 9.13 Å². The van der Waals surface area contributed by atoms with Crippen LogP contribution in [-0.2, 0) is 11.3 Å². The number of halogens is 2. The maximum absolute atomic E-state index is 13.3. The van der Waals surface area contributed by atoms with Crippen molar-refractivity contribution in [3.63, 3.8) is 0 Å². The van der Waals surface area contributed by atoms with Gasteiger partial charge in [-0.05, 0) is 19.1 Å². The second-order valence-corrected chi connectivity index (χ2v) is 4.01. The van der Waals surface area contributed by atoms with E-state index in [4.69, 9.17) is 10.5 Å². The van der Waals surface area contributed by atoms with Crippen LogP contribution in [0.4, 0.5) is 4.39 Å². The van der Waals surface area contributed by atoms with E-state index in [1.807, 2.05) is 6.92 Å². The van der Waals surface area contributed by atoms with Gasteiger partial charge in [-0.25, -0.2) is 4.39 Å². The zero-order chi connectivity index (χ0) is 10.6. The summed E-state index contributed by atoms with van der Waals surface area (Å²) < 4.78 is 19.3. The Morgan fingerprint density at radius 3 is 2.86 bits per heavy atom. The fraction of sp³-hybridized carbons (Fsp3) is 0.400. The zero-order valence-corrected chi connectivity index (χ0v) is 9.55. The third kappa shape index (κ3) is 3.36. The Balaban J connectivity index is 2.59. The van der Waals surface area contributed by atoms with E-state index in [1.54, 1.807) is 12.1 Å². The van der Waals surface area contributed by atoms with Crippen LogP contribution in [0.3, 0.4) is 0 Å². The van der Waals surface area contributed by atoms with Crippen molar-refractivity contribution in [1.82, 2.24) is 0 Å². The van der Waals surface area contributed by atoms with E-state index in [1.165, 1.54) is 6.07 Å². The predicted molar refractivity (Wildman–Crippen MR) is 57.4 cm³/mol. The SMILES string of the molecule is CC(CN)OCc1ccc(Br)cc1F. The Kier molecular flexibility index (Phi) is 4.51. The summed E-state index contributed by atoms with van der Waals surface area (Å²) >= 11 is 3.19. The molecule has 0 bridgehead atoms. The average molecular weight is 262 g/mol. The molecule has 0 aliphatic carbocycles. The van der Waals surface area contributed by atoms with Crippen LogP contribution in [0, 0.1) is 5.82 Å². The van der Waals surface area contributed by atoms with Crippen molar-refractivity contribution in [2.75, 3.05) is 6.54 Å². The van der Waals surface area contributed by atoms with E-state index >= 15 is 0 Å². The molecule has 0 radical (unpaired) electrons. The van der Waals surface area contributed by atoms with Crippen LogP contribution in [0.1, 0.15) is 12.5 Å². The molecule has 0 aliphatic heterocycles. The lowest BCUT2D eigenvalue weighted by Crippen LogP contribution is -2.19. The molecule has 0 spiro atoms. The van der Waals surface area contributed by atoms with E-state index in [9.17, 15) is 4.39 Å². The van der Waals surface area contributed by atoms with Crippen LogP contribution in [0.5, 0.6) is 0 Å². The lowest BCUT2D eigenvalue weighted by atomic mass is 10.2. The van der Waals surface area contributed by atoms with Crippen molar-refractivity contribution in [3.05, 3.63) is 34.1 Å². The molecule has 2 N–H and O–H groups in total. The molecule has 0 heterocycles. The Labute approximate surface area is 91.4 Å². The van der Waals surface area contributed by atoms with E-state index in [-0.39, 0.29) is 18.5 Å². The highest BCUT2D eigenvalue weighted by Gasteiger charge is 2.05. The molecular weight excluding hydrogens is 249 g/mol. The van der Waals surface area contributed by atoms with Crippen LogP contribution in [-0.4, -0.2) is 12.6 Å². The van der Waals surface area contributed by atoms with Crippen LogP contribution in [0.15, 0.2) is 22.7 Å². The first kappa shape index (κ1) is 11.6. The van der Waals surface area contributed by atoms with E-state index in [2.05, 4.69) is 15.9 Å². The molecule has 1 aromatic carbocycles. The molecule has 2 nitrogen and oxygen atoms in total. The molecule has 78 valence electrons. The van der Waals surface area contributed by atoms with Gasteiger partial charge in [-0.3, -0.25) is 0 Å². The lowest BCUT2D eigenvalue weighted by molar-refractivity contribution is 0.0573. The van der Waals surface area contributed by atoms with Gasteiger partial charge in [-0.15, -0.1) is 0 Å². The van der Waals surface area contributed by atoms with Gasteiger partial charge in [0.2, 0.25) is 0 Å². The normalized spacial score (nSPS) is 12.9. The molecule has 14 heavy (non-hydrogen) atoms. The summed E-state index contributed by atoms with van der Waals surface area (Å²) in [4.78, 5) is 0. The van der Waals surface area contributed by atoms with Gasteiger partial charge in [0.15, 0.2) is 0 Å². The Bertz CT molecular complexity index is 306. The molecule has 0 aliphatic rings. The standard InChI is InChI=1S/C10H13BrFNO/c1-7(5-13)14-6-8-2-3-9(11)4-10(8)12/h2-4,7H,5-6,13H2,1H3. The molecule has 1 rings (SSSR count). The predicted octanol–water partition coefficient (Wildman–Crippen LogP) is 2.45. The highest BCUT2D eigenvalue weighted by atomic mass is 79.9. The Hall–Kier alpha value is -0.450. The average Bonchev–Trinajstić information content (AvgIpc) is 2.16. The molecule has 1 atom stereocenters. The maximum atomic E-state index is 13.3. The monoisotopic (exact) mass is 261 g/mol. The highest BCUT2D eigenvalue weighted by molar-refractivity contribution is 9.10. The number of benzene rings is 1. The van der Waals surface area contributed by atoms with Crippen LogP contribution in [0.25, 0.3) is 0 Å². The molecule has 0 saturated heterocycles. The van der Waals surface area contributed by atoms with Gasteiger partial charge in [-0.1, -0.05) is 22.0 Å². The van der Waals surface area contributed by atoms with E-state index in [0.717, 1.165) is 4.47 Å². The number of ether oxygens (including phenoxy) is 1. The van der Waals surface area contributed by atoms with Crippen molar-refractivity contribution in [3.8, 4) is 0 Å². The fourth-order valence-electron chi connectivity index (χ4n) is 0.939. The van der Waals surface area contributed by atoms with Crippen LogP contribution >= 0.6 is 15.9 Å². The van der Waals surface area contributed by atoms with Crippen LogP contribution in [0.2, 0.25) is 0 Å². The zero-order valence-electron chi connectivity index (χ0n) is 7.97. The Morgan fingerprint density at radius 2 is 2.29 bits per heavy atom. The summed E-state index contributed by atoms with van der Waals surface area (Å²) in [6.07, 6.45) is -0.0435. The lowest BCUT2D eigenvalue weighted by Gasteiger charge is -2.10. The second-order valence-electron chi connectivity index (χ2n) is 3.09. The van der Waals surface area contributed by atoms with Crippen molar-refractivity contribution >= 4 is 15.9 Å². The molecule has 0 amide bonds. The molecule has 4 heteroatoms. The van der Waals surface area contributed by atoms with E-state index < -0.39 is 0 Å². The molecule has 1 aromatic rings. The molecular formula is C10H13BrFNO. The summed E-state index contributed by atoms with van der Waals surface area (Å²) in [7, 11) is 0. The van der Waals surface area contributed by atoms with Gasteiger partial charge in [0.1, 0.15) is 5.82 Å². The molecule has 0 saturated carbocycles. The summed E-state index contributed by atoms with van der Waals surface area (Å²) in [5.41, 5.74) is 5.92. The van der Waals surface area contributed by atoms with Gasteiger partial charge in [-0.2, -0.15) is 0 Å². The summed E-state index contributed by atoms with van der Waals surface area (Å²) in [6, 6.07) is 4.91. The molecule has 0 aromatic heterocycles. The van der Waals surface area contributed by atoms with Gasteiger partial charge < -0.3 is 10.5 Å². The first-order valence-corrected chi connectivity index (χ1v) is 5.18. The van der Waals surface area contributed by atoms with Crippen LogP contribution < -0.4 is 5.73 Å². The molecule has 1 unspecified atom stereocenters. The minimum absolute atomic E-state index is 0.0435. The van der Waals surface area contributed by atoms with Gasteiger partial charge in [0, 0.05) is 16.6 Å². The topological polar surface area (TPSA) is 35.2 Å². The third-order valence-corrected chi connectivity index (χ3v) is 2.36. The summed E-state index contributed by atoms with van der Waals surface area (Å²) in [5.74, 6) is -0.261. The smallest absolute Gasteiger partial charge is 0.129 e. The van der Waals surface area contributed by atoms with E-state index in [0.29, 0.717) is 12.1 Å². The van der Waals surface area contributed by atoms with Gasteiger partial charge in [0.05, 0.1) is 12.7 Å². The molecule has 0 fully saturated rings. The summed E-state index contributed by atoms with van der Waals surface area (Å²) in [5, 5.41) is 0. The fourth-order valence-corrected chi connectivity index (χ4v) is 1.27. The third-order valence-electron chi connectivity index (χ3n) is 1.87. The minimum Gasteiger partial charge on any atom is -0.372 e. The number of hydrogen-bond acceptors (Lipinski definition) is 2. The van der Waals surface area contributed by atoms with Crippen molar-refractivity contribution in [2.45, 2.75) is 19.6 Å². The number of rotatable bonds is 4. The van der Waals surface area contributed by atoms with Gasteiger partial charge in [0.25, 0.3) is 0 Å². The van der Waals surface area contributed by atoms with Crippen molar-refractivity contribution in [1.29, 1.82) is 0 Å². The second kappa shape index (κ2) is 5.44. The highest BCUT2D eigenvalue weighted by Crippen LogP contribution is 2.16.